The fraction of sp³-hybridized carbons (Fsp3) is 0.857. The molecular weight excluding hydrogens is 230 g/mol. The molecule has 1 rings (SSSR count). The van der Waals surface area contributed by atoms with Crippen molar-refractivity contribution < 1.29 is 14.3 Å². The third-order valence-electron chi connectivity index (χ3n) is 3.30. The van der Waals surface area contributed by atoms with Crippen molar-refractivity contribution in [3.8, 4) is 0 Å². The number of hydrogen-bond donors (Lipinski definition) is 0. The van der Waals surface area contributed by atoms with E-state index in [2.05, 4.69) is 6.92 Å². The molecule has 18 heavy (non-hydrogen) atoms. The lowest BCUT2D eigenvalue weighted by Gasteiger charge is -2.14. The first-order valence-electron chi connectivity index (χ1n) is 7.17. The summed E-state index contributed by atoms with van der Waals surface area (Å²) >= 11 is 0. The minimum absolute atomic E-state index is 0.0492. The van der Waals surface area contributed by atoms with Gasteiger partial charge < -0.3 is 9.64 Å². The molecule has 4 heteroatoms. The first kappa shape index (κ1) is 15.0. The summed E-state index contributed by atoms with van der Waals surface area (Å²) in [6.45, 7) is 3.72. The molecule has 0 spiro atoms. The second-order valence-corrected chi connectivity index (χ2v) is 4.91. The fourth-order valence-corrected chi connectivity index (χ4v) is 2.15. The molecule has 1 fully saturated rings. The van der Waals surface area contributed by atoms with Crippen molar-refractivity contribution in [2.45, 2.75) is 58.3 Å². The molecule has 0 saturated carbocycles. The number of nitrogens with zero attached hydrogens (tertiary/aromatic N) is 1. The van der Waals surface area contributed by atoms with Gasteiger partial charge in [0, 0.05) is 19.5 Å². The number of likely N-dealkylation sites (tertiary alicyclic amines) is 1. The SMILES string of the molecule is CCCCCCCC(=O)OCC(=O)N1CCCC1. The standard InChI is InChI=1S/C14H25NO3/c1-2-3-4-5-6-9-14(17)18-12-13(16)15-10-7-8-11-15/h2-12H2,1H3. The largest absolute Gasteiger partial charge is 0.456 e. The van der Waals surface area contributed by atoms with Crippen molar-refractivity contribution in [2.75, 3.05) is 19.7 Å². The van der Waals surface area contributed by atoms with Gasteiger partial charge in [0.2, 0.25) is 0 Å². The zero-order valence-electron chi connectivity index (χ0n) is 11.5. The normalized spacial score (nSPS) is 14.8. The molecule has 104 valence electrons. The fourth-order valence-electron chi connectivity index (χ4n) is 2.15. The number of hydrogen-bond acceptors (Lipinski definition) is 3. The molecule has 4 nitrogen and oxygen atoms in total. The summed E-state index contributed by atoms with van der Waals surface area (Å²) in [5, 5.41) is 0. The minimum Gasteiger partial charge on any atom is -0.456 e. The lowest BCUT2D eigenvalue weighted by atomic mass is 10.1. The molecule has 0 aliphatic carbocycles. The van der Waals surface area contributed by atoms with E-state index in [-0.39, 0.29) is 18.5 Å². The van der Waals surface area contributed by atoms with Crippen LogP contribution in [-0.2, 0) is 14.3 Å². The second kappa shape index (κ2) is 8.95. The van der Waals surface area contributed by atoms with Gasteiger partial charge >= 0.3 is 5.97 Å². The van der Waals surface area contributed by atoms with Crippen LogP contribution in [0.3, 0.4) is 0 Å². The Morgan fingerprint density at radius 2 is 1.72 bits per heavy atom. The molecule has 0 atom stereocenters. The van der Waals surface area contributed by atoms with Crippen LogP contribution in [0, 0.1) is 0 Å². The maximum atomic E-state index is 11.6. The predicted molar refractivity (Wildman–Crippen MR) is 70.1 cm³/mol. The van der Waals surface area contributed by atoms with E-state index >= 15 is 0 Å². The molecule has 1 saturated heterocycles. The summed E-state index contributed by atoms with van der Waals surface area (Å²) < 4.78 is 4.99. The number of esters is 1. The summed E-state index contributed by atoms with van der Waals surface area (Å²) in [6.07, 6.45) is 8.12. The molecule has 0 aromatic carbocycles. The number of carbonyl (C=O) groups is 2. The molecular formula is C14H25NO3. The second-order valence-electron chi connectivity index (χ2n) is 4.91. The van der Waals surface area contributed by atoms with Crippen LogP contribution in [0.2, 0.25) is 0 Å². The summed E-state index contributed by atoms with van der Waals surface area (Å²) in [7, 11) is 0. The van der Waals surface area contributed by atoms with E-state index in [0.29, 0.717) is 6.42 Å². The third kappa shape index (κ3) is 6.03. The zero-order valence-corrected chi connectivity index (χ0v) is 11.5. The Morgan fingerprint density at radius 3 is 2.39 bits per heavy atom. The zero-order chi connectivity index (χ0) is 13.2. The van der Waals surface area contributed by atoms with E-state index in [4.69, 9.17) is 4.74 Å². The molecule has 0 aromatic rings. The molecule has 0 N–H and O–H groups in total. The minimum atomic E-state index is -0.237. The van der Waals surface area contributed by atoms with Gasteiger partial charge in [-0.2, -0.15) is 0 Å². The Balaban J connectivity index is 2.00. The van der Waals surface area contributed by atoms with Gasteiger partial charge in [-0.25, -0.2) is 0 Å². The lowest BCUT2D eigenvalue weighted by molar-refractivity contribution is -0.151. The van der Waals surface area contributed by atoms with Crippen LogP contribution in [0.25, 0.3) is 0 Å². The maximum Gasteiger partial charge on any atom is 0.306 e. The van der Waals surface area contributed by atoms with Crippen molar-refractivity contribution >= 4 is 11.9 Å². The Kier molecular flexibility index (Phi) is 7.46. The molecule has 1 amide bonds. The topological polar surface area (TPSA) is 46.6 Å². The molecule has 1 heterocycles. The van der Waals surface area contributed by atoms with Crippen molar-refractivity contribution in [3.63, 3.8) is 0 Å². The van der Waals surface area contributed by atoms with E-state index in [1.165, 1.54) is 19.3 Å². The van der Waals surface area contributed by atoms with Gasteiger partial charge in [-0.3, -0.25) is 9.59 Å². The van der Waals surface area contributed by atoms with Crippen LogP contribution in [-0.4, -0.2) is 36.5 Å². The van der Waals surface area contributed by atoms with Gasteiger partial charge in [-0.1, -0.05) is 32.6 Å². The van der Waals surface area contributed by atoms with Crippen molar-refractivity contribution in [3.05, 3.63) is 0 Å². The molecule has 0 unspecified atom stereocenters. The molecule has 0 bridgehead atoms. The van der Waals surface area contributed by atoms with Gasteiger partial charge in [-0.05, 0) is 19.3 Å². The van der Waals surface area contributed by atoms with Crippen LogP contribution >= 0.6 is 0 Å². The highest BCUT2D eigenvalue weighted by Crippen LogP contribution is 2.08. The van der Waals surface area contributed by atoms with Crippen LogP contribution in [0.15, 0.2) is 0 Å². The Hall–Kier alpha value is -1.06. The predicted octanol–water partition coefficient (Wildman–Crippen LogP) is 2.51. The average molecular weight is 255 g/mol. The first-order chi connectivity index (χ1) is 8.74. The molecule has 0 aromatic heterocycles. The van der Waals surface area contributed by atoms with Gasteiger partial charge in [0.1, 0.15) is 0 Å². The van der Waals surface area contributed by atoms with E-state index in [0.717, 1.165) is 38.8 Å². The van der Waals surface area contributed by atoms with Crippen LogP contribution in [0.1, 0.15) is 58.3 Å². The number of rotatable bonds is 8. The van der Waals surface area contributed by atoms with Crippen molar-refractivity contribution in [1.29, 1.82) is 0 Å². The highest BCUT2D eigenvalue weighted by atomic mass is 16.5. The smallest absolute Gasteiger partial charge is 0.306 e. The summed E-state index contributed by atoms with van der Waals surface area (Å²) in [6, 6.07) is 0. The number of carbonyl (C=O) groups excluding carboxylic acids is 2. The number of ether oxygens (including phenoxy) is 1. The van der Waals surface area contributed by atoms with Crippen LogP contribution < -0.4 is 0 Å². The first-order valence-corrected chi connectivity index (χ1v) is 7.17. The highest BCUT2D eigenvalue weighted by molar-refractivity contribution is 5.80. The Bertz CT molecular complexity index is 260. The average Bonchev–Trinajstić information content (AvgIpc) is 2.89. The lowest BCUT2D eigenvalue weighted by Crippen LogP contribution is -2.32. The summed E-state index contributed by atoms with van der Waals surface area (Å²) in [4.78, 5) is 24.8. The Morgan fingerprint density at radius 1 is 1.06 bits per heavy atom. The Labute approximate surface area is 110 Å². The van der Waals surface area contributed by atoms with Gasteiger partial charge in [-0.15, -0.1) is 0 Å². The van der Waals surface area contributed by atoms with Gasteiger partial charge in [0.05, 0.1) is 0 Å². The van der Waals surface area contributed by atoms with E-state index in [1.807, 2.05) is 0 Å². The third-order valence-corrected chi connectivity index (χ3v) is 3.30. The molecule has 1 aliphatic heterocycles. The molecule has 1 aliphatic rings. The van der Waals surface area contributed by atoms with E-state index < -0.39 is 0 Å². The van der Waals surface area contributed by atoms with E-state index in [1.54, 1.807) is 4.90 Å². The van der Waals surface area contributed by atoms with E-state index in [9.17, 15) is 9.59 Å². The van der Waals surface area contributed by atoms with Crippen molar-refractivity contribution in [2.24, 2.45) is 0 Å². The number of amides is 1. The van der Waals surface area contributed by atoms with Crippen LogP contribution in [0.5, 0.6) is 0 Å². The summed E-state index contributed by atoms with van der Waals surface area (Å²) in [5.41, 5.74) is 0. The quantitative estimate of drug-likeness (QED) is 0.494. The summed E-state index contributed by atoms with van der Waals surface area (Å²) in [5.74, 6) is -0.286. The van der Waals surface area contributed by atoms with Gasteiger partial charge in [0.15, 0.2) is 6.61 Å². The number of unbranched alkanes of at least 4 members (excludes halogenated alkanes) is 4. The highest BCUT2D eigenvalue weighted by Gasteiger charge is 2.18. The maximum absolute atomic E-state index is 11.6. The van der Waals surface area contributed by atoms with Gasteiger partial charge in [0.25, 0.3) is 5.91 Å². The van der Waals surface area contributed by atoms with Crippen molar-refractivity contribution in [1.82, 2.24) is 4.90 Å². The van der Waals surface area contributed by atoms with Crippen LogP contribution in [0.4, 0.5) is 0 Å². The monoisotopic (exact) mass is 255 g/mol. The molecule has 0 radical (unpaired) electrons.